The molecular formula is C17H20N4O3. The van der Waals surface area contributed by atoms with E-state index in [-0.39, 0.29) is 5.91 Å². The molecule has 7 nitrogen and oxygen atoms in total. The van der Waals surface area contributed by atoms with Gasteiger partial charge in [-0.2, -0.15) is 0 Å². The number of nitrogens with one attached hydrogen (secondary N) is 1. The molecule has 1 aromatic carbocycles. The van der Waals surface area contributed by atoms with E-state index in [1.54, 1.807) is 18.2 Å². The predicted molar refractivity (Wildman–Crippen MR) is 89.1 cm³/mol. The fourth-order valence-electron chi connectivity index (χ4n) is 2.39. The van der Waals surface area contributed by atoms with E-state index in [2.05, 4.69) is 15.3 Å². The molecule has 0 radical (unpaired) electrons. The van der Waals surface area contributed by atoms with Crippen LogP contribution in [-0.2, 0) is 11.3 Å². The van der Waals surface area contributed by atoms with Gasteiger partial charge in [-0.05, 0) is 17.7 Å². The summed E-state index contributed by atoms with van der Waals surface area (Å²) in [5, 5.41) is 3.18. The van der Waals surface area contributed by atoms with E-state index in [0.29, 0.717) is 44.4 Å². The monoisotopic (exact) mass is 328 g/mol. The minimum Gasteiger partial charge on any atom is -0.497 e. The fraction of sp³-hybridized carbons (Fsp3) is 0.353. The van der Waals surface area contributed by atoms with Crippen molar-refractivity contribution in [2.45, 2.75) is 6.54 Å². The first-order valence-electron chi connectivity index (χ1n) is 7.82. The first kappa shape index (κ1) is 16.2. The van der Waals surface area contributed by atoms with Crippen molar-refractivity contribution >= 4 is 11.7 Å². The fourth-order valence-corrected chi connectivity index (χ4v) is 2.39. The number of morpholine rings is 1. The molecule has 7 heteroatoms. The summed E-state index contributed by atoms with van der Waals surface area (Å²) in [6.07, 6.45) is 3.09. The Hall–Kier alpha value is -2.67. The van der Waals surface area contributed by atoms with Gasteiger partial charge in [-0.25, -0.2) is 9.97 Å². The highest BCUT2D eigenvalue weighted by Gasteiger charge is 2.19. The normalized spacial score (nSPS) is 14.3. The summed E-state index contributed by atoms with van der Waals surface area (Å²) in [6.45, 7) is 2.95. The van der Waals surface area contributed by atoms with E-state index in [4.69, 9.17) is 9.47 Å². The van der Waals surface area contributed by atoms with Crippen molar-refractivity contribution in [3.05, 3.63) is 47.9 Å². The molecule has 3 rings (SSSR count). The Morgan fingerprint density at radius 1 is 1.21 bits per heavy atom. The first-order chi connectivity index (χ1) is 11.8. The Labute approximate surface area is 140 Å². The van der Waals surface area contributed by atoms with E-state index in [0.717, 1.165) is 11.3 Å². The molecular weight excluding hydrogens is 308 g/mol. The molecule has 1 aromatic heterocycles. The summed E-state index contributed by atoms with van der Waals surface area (Å²) in [7, 11) is 1.64. The van der Waals surface area contributed by atoms with Gasteiger partial charge in [0.05, 0.1) is 32.7 Å². The van der Waals surface area contributed by atoms with Gasteiger partial charge in [0, 0.05) is 19.6 Å². The van der Waals surface area contributed by atoms with Crippen LogP contribution in [0.1, 0.15) is 16.1 Å². The molecule has 0 saturated carbocycles. The zero-order valence-corrected chi connectivity index (χ0v) is 13.6. The summed E-state index contributed by atoms with van der Waals surface area (Å²) < 4.78 is 10.4. The standard InChI is InChI=1S/C17H20N4O3/c1-23-14-4-2-13(3-5-14)10-19-16-12-18-15(11-20-16)17(22)21-6-8-24-9-7-21/h2-5,11-12H,6-10H2,1H3,(H,19,20). The lowest BCUT2D eigenvalue weighted by Crippen LogP contribution is -2.41. The molecule has 126 valence electrons. The summed E-state index contributed by atoms with van der Waals surface area (Å²) in [4.78, 5) is 22.5. The Kier molecular flexibility index (Phi) is 5.22. The SMILES string of the molecule is COc1ccc(CNc2cnc(C(=O)N3CCOCC3)cn2)cc1. The molecule has 2 aromatic rings. The average molecular weight is 328 g/mol. The third-order valence-corrected chi connectivity index (χ3v) is 3.80. The van der Waals surface area contributed by atoms with Crippen molar-refractivity contribution in [2.75, 3.05) is 38.7 Å². The van der Waals surface area contributed by atoms with Gasteiger partial charge in [0.1, 0.15) is 17.3 Å². The number of carbonyl (C=O) groups is 1. The topological polar surface area (TPSA) is 76.6 Å². The van der Waals surface area contributed by atoms with E-state index in [1.807, 2.05) is 24.3 Å². The zero-order chi connectivity index (χ0) is 16.8. The van der Waals surface area contributed by atoms with Gasteiger partial charge in [-0.15, -0.1) is 0 Å². The number of amides is 1. The second kappa shape index (κ2) is 7.74. The van der Waals surface area contributed by atoms with Gasteiger partial charge in [0.15, 0.2) is 0 Å². The zero-order valence-electron chi connectivity index (χ0n) is 13.6. The second-order valence-electron chi connectivity index (χ2n) is 5.39. The third-order valence-electron chi connectivity index (χ3n) is 3.80. The molecule has 24 heavy (non-hydrogen) atoms. The van der Waals surface area contributed by atoms with Crippen molar-refractivity contribution in [2.24, 2.45) is 0 Å². The van der Waals surface area contributed by atoms with Gasteiger partial charge in [-0.3, -0.25) is 4.79 Å². The van der Waals surface area contributed by atoms with Crippen LogP contribution in [0.3, 0.4) is 0 Å². The number of carbonyl (C=O) groups excluding carboxylic acids is 1. The molecule has 1 amide bonds. The molecule has 0 spiro atoms. The summed E-state index contributed by atoms with van der Waals surface area (Å²) >= 11 is 0. The average Bonchev–Trinajstić information content (AvgIpc) is 2.67. The van der Waals surface area contributed by atoms with Gasteiger partial charge in [0.2, 0.25) is 0 Å². The highest BCUT2D eigenvalue weighted by Crippen LogP contribution is 2.13. The van der Waals surface area contributed by atoms with Gasteiger partial charge in [0.25, 0.3) is 5.91 Å². The number of ether oxygens (including phenoxy) is 2. The Balaban J connectivity index is 1.56. The van der Waals surface area contributed by atoms with Gasteiger partial charge in [-0.1, -0.05) is 12.1 Å². The Morgan fingerprint density at radius 3 is 2.58 bits per heavy atom. The van der Waals surface area contributed by atoms with Crippen molar-refractivity contribution in [3.63, 3.8) is 0 Å². The van der Waals surface area contributed by atoms with Crippen molar-refractivity contribution in [3.8, 4) is 5.75 Å². The van der Waals surface area contributed by atoms with Crippen LogP contribution in [0.4, 0.5) is 5.82 Å². The van der Waals surface area contributed by atoms with Gasteiger partial charge >= 0.3 is 0 Å². The van der Waals surface area contributed by atoms with Crippen molar-refractivity contribution in [1.82, 2.24) is 14.9 Å². The predicted octanol–water partition coefficient (Wildman–Crippen LogP) is 1.57. The smallest absolute Gasteiger partial charge is 0.274 e. The maximum Gasteiger partial charge on any atom is 0.274 e. The van der Waals surface area contributed by atoms with Crippen molar-refractivity contribution < 1.29 is 14.3 Å². The maximum absolute atomic E-state index is 12.3. The largest absolute Gasteiger partial charge is 0.497 e. The van der Waals surface area contributed by atoms with E-state index in [1.165, 1.54) is 6.20 Å². The number of methoxy groups -OCH3 is 1. The highest BCUT2D eigenvalue weighted by molar-refractivity contribution is 5.92. The van der Waals surface area contributed by atoms with Crippen molar-refractivity contribution in [1.29, 1.82) is 0 Å². The van der Waals surface area contributed by atoms with Crippen LogP contribution in [0, 0.1) is 0 Å². The van der Waals surface area contributed by atoms with Crippen LogP contribution in [0.2, 0.25) is 0 Å². The maximum atomic E-state index is 12.3. The van der Waals surface area contributed by atoms with Crippen LogP contribution >= 0.6 is 0 Å². The minimum absolute atomic E-state index is 0.104. The van der Waals surface area contributed by atoms with Crippen LogP contribution in [0.15, 0.2) is 36.7 Å². The number of rotatable bonds is 5. The summed E-state index contributed by atoms with van der Waals surface area (Å²) in [6, 6.07) is 7.78. The summed E-state index contributed by atoms with van der Waals surface area (Å²) in [5.41, 5.74) is 1.46. The molecule has 1 N–H and O–H groups in total. The lowest BCUT2D eigenvalue weighted by atomic mass is 10.2. The molecule has 1 aliphatic rings. The number of hydrogen-bond donors (Lipinski definition) is 1. The molecule has 0 bridgehead atoms. The van der Waals surface area contributed by atoms with E-state index >= 15 is 0 Å². The molecule has 0 unspecified atom stereocenters. The Morgan fingerprint density at radius 2 is 1.96 bits per heavy atom. The molecule has 2 heterocycles. The molecule has 0 atom stereocenters. The third kappa shape index (κ3) is 3.99. The first-order valence-corrected chi connectivity index (χ1v) is 7.82. The van der Waals surface area contributed by atoms with Crippen LogP contribution in [0.5, 0.6) is 5.75 Å². The Bertz CT molecular complexity index is 667. The number of nitrogens with zero attached hydrogens (tertiary/aromatic N) is 3. The summed E-state index contributed by atoms with van der Waals surface area (Å²) in [5.74, 6) is 1.35. The minimum atomic E-state index is -0.104. The number of anilines is 1. The number of hydrogen-bond acceptors (Lipinski definition) is 6. The lowest BCUT2D eigenvalue weighted by Gasteiger charge is -2.26. The quantitative estimate of drug-likeness (QED) is 0.898. The van der Waals surface area contributed by atoms with Crippen LogP contribution in [-0.4, -0.2) is 54.2 Å². The molecule has 1 fully saturated rings. The lowest BCUT2D eigenvalue weighted by molar-refractivity contribution is 0.0298. The van der Waals surface area contributed by atoms with E-state index < -0.39 is 0 Å². The van der Waals surface area contributed by atoms with Gasteiger partial charge < -0.3 is 19.7 Å². The number of aromatic nitrogens is 2. The highest BCUT2D eigenvalue weighted by atomic mass is 16.5. The molecule has 0 aliphatic carbocycles. The van der Waals surface area contributed by atoms with Crippen LogP contribution < -0.4 is 10.1 Å². The second-order valence-corrected chi connectivity index (χ2v) is 5.39. The van der Waals surface area contributed by atoms with Crippen LogP contribution in [0.25, 0.3) is 0 Å². The molecule has 1 aliphatic heterocycles. The number of benzene rings is 1. The van der Waals surface area contributed by atoms with E-state index in [9.17, 15) is 4.79 Å². The molecule has 1 saturated heterocycles.